The molecule has 1 saturated heterocycles. The van der Waals surface area contributed by atoms with Crippen LogP contribution in [0.3, 0.4) is 0 Å². The van der Waals surface area contributed by atoms with Crippen molar-refractivity contribution >= 4 is 29.3 Å². The van der Waals surface area contributed by atoms with Crippen molar-refractivity contribution in [1.29, 1.82) is 0 Å². The van der Waals surface area contributed by atoms with E-state index in [1.54, 1.807) is 0 Å². The fourth-order valence-electron chi connectivity index (χ4n) is 3.15. The number of amides is 1. The first kappa shape index (κ1) is 19.5. The van der Waals surface area contributed by atoms with Gasteiger partial charge in [0.25, 0.3) is 0 Å². The molecule has 142 valence electrons. The molecule has 1 N–H and O–H groups in total. The Balaban J connectivity index is 1.41. The summed E-state index contributed by atoms with van der Waals surface area (Å²) in [7, 11) is 0. The first-order chi connectivity index (χ1) is 13.1. The number of hydrogen-bond acceptors (Lipinski definition) is 3. The molecule has 0 radical (unpaired) electrons. The molecule has 1 heterocycles. The molecule has 27 heavy (non-hydrogen) atoms. The maximum absolute atomic E-state index is 12.5. The number of hydrogen-bond donors (Lipinski definition) is 1. The number of nitrogens with one attached hydrogen (secondary N) is 1. The van der Waals surface area contributed by atoms with Crippen molar-refractivity contribution in [3.05, 3.63) is 70.8 Å². The van der Waals surface area contributed by atoms with Gasteiger partial charge in [0, 0.05) is 43.4 Å². The second kappa shape index (κ2) is 9.58. The van der Waals surface area contributed by atoms with Gasteiger partial charge in [0.05, 0.1) is 6.54 Å². The van der Waals surface area contributed by atoms with Gasteiger partial charge in [-0.05, 0) is 30.2 Å². The summed E-state index contributed by atoms with van der Waals surface area (Å²) in [4.78, 5) is 16.8. The van der Waals surface area contributed by atoms with Crippen LogP contribution in [0.4, 0.5) is 5.69 Å². The number of rotatable bonds is 6. The molecule has 0 aliphatic carbocycles. The van der Waals surface area contributed by atoms with Crippen LogP contribution < -0.4 is 5.32 Å². The average Bonchev–Trinajstić information content (AvgIpc) is 2.70. The van der Waals surface area contributed by atoms with Gasteiger partial charge < -0.3 is 10.2 Å². The van der Waals surface area contributed by atoms with E-state index in [9.17, 15) is 4.79 Å². The van der Waals surface area contributed by atoms with E-state index in [-0.39, 0.29) is 5.91 Å². The zero-order chi connectivity index (χ0) is 19.1. The van der Waals surface area contributed by atoms with E-state index in [1.165, 1.54) is 5.56 Å². The van der Waals surface area contributed by atoms with Gasteiger partial charge >= 0.3 is 0 Å². The molecule has 0 saturated carbocycles. The Hall–Kier alpha value is -2.30. The minimum Gasteiger partial charge on any atom is -0.376 e. The zero-order valence-electron chi connectivity index (χ0n) is 15.7. The minimum absolute atomic E-state index is 0.133. The summed E-state index contributed by atoms with van der Waals surface area (Å²) >= 11 is 6.03. The lowest BCUT2D eigenvalue weighted by Crippen LogP contribution is -2.50. The van der Waals surface area contributed by atoms with E-state index in [0.29, 0.717) is 11.6 Å². The molecule has 5 heteroatoms. The van der Waals surface area contributed by atoms with Gasteiger partial charge in [0.1, 0.15) is 0 Å². The van der Waals surface area contributed by atoms with E-state index in [4.69, 9.17) is 11.6 Å². The van der Waals surface area contributed by atoms with Crippen LogP contribution in [-0.4, -0.2) is 55.0 Å². The van der Waals surface area contributed by atoms with E-state index in [1.807, 2.05) is 48.2 Å². The fourth-order valence-corrected chi connectivity index (χ4v) is 3.32. The average molecular weight is 384 g/mol. The predicted octanol–water partition coefficient (Wildman–Crippen LogP) is 3.92. The highest BCUT2D eigenvalue weighted by atomic mass is 35.5. The number of carbonyl (C=O) groups is 1. The van der Waals surface area contributed by atoms with Crippen LogP contribution in [0, 0.1) is 6.92 Å². The molecular formula is C22H26ClN3O. The van der Waals surface area contributed by atoms with Crippen molar-refractivity contribution in [3.63, 3.8) is 0 Å². The van der Waals surface area contributed by atoms with Crippen LogP contribution in [0.25, 0.3) is 6.08 Å². The molecule has 2 aromatic carbocycles. The Labute approximate surface area is 166 Å². The molecule has 4 nitrogen and oxygen atoms in total. The van der Waals surface area contributed by atoms with Crippen LogP contribution in [0.15, 0.2) is 54.6 Å². The smallest absolute Gasteiger partial charge is 0.241 e. The third-order valence-corrected chi connectivity index (χ3v) is 5.06. The van der Waals surface area contributed by atoms with E-state index in [2.05, 4.69) is 34.5 Å². The zero-order valence-corrected chi connectivity index (χ0v) is 16.5. The number of anilines is 1. The third-order valence-electron chi connectivity index (χ3n) is 4.83. The maximum Gasteiger partial charge on any atom is 0.241 e. The lowest BCUT2D eigenvalue weighted by Gasteiger charge is -2.34. The normalized spacial score (nSPS) is 15.3. The Morgan fingerprint density at radius 3 is 2.59 bits per heavy atom. The number of halogens is 1. The van der Waals surface area contributed by atoms with Gasteiger partial charge in [-0.3, -0.25) is 9.69 Å². The summed E-state index contributed by atoms with van der Waals surface area (Å²) in [5, 5.41) is 3.89. The maximum atomic E-state index is 12.5. The molecule has 0 atom stereocenters. The van der Waals surface area contributed by atoms with E-state index < -0.39 is 0 Å². The Morgan fingerprint density at radius 2 is 1.85 bits per heavy atom. The summed E-state index contributed by atoms with van der Waals surface area (Å²) in [6.07, 6.45) is 4.34. The number of piperazine rings is 1. The van der Waals surface area contributed by atoms with Gasteiger partial charge in [0.15, 0.2) is 0 Å². The summed E-state index contributed by atoms with van der Waals surface area (Å²) in [5.41, 5.74) is 3.22. The molecule has 0 aromatic heterocycles. The molecular weight excluding hydrogens is 358 g/mol. The van der Waals surface area contributed by atoms with Gasteiger partial charge in [-0.25, -0.2) is 0 Å². The Bertz CT molecular complexity index is 783. The summed E-state index contributed by atoms with van der Waals surface area (Å²) in [6, 6.07) is 16.0. The van der Waals surface area contributed by atoms with Crippen LogP contribution in [0.2, 0.25) is 5.02 Å². The first-order valence-corrected chi connectivity index (χ1v) is 9.71. The van der Waals surface area contributed by atoms with Gasteiger partial charge in [-0.2, -0.15) is 0 Å². The fraction of sp³-hybridized carbons (Fsp3) is 0.318. The van der Waals surface area contributed by atoms with E-state index in [0.717, 1.165) is 44.0 Å². The largest absolute Gasteiger partial charge is 0.376 e. The predicted molar refractivity (Wildman–Crippen MR) is 113 cm³/mol. The van der Waals surface area contributed by atoms with Crippen molar-refractivity contribution in [3.8, 4) is 0 Å². The highest BCUT2D eigenvalue weighted by Crippen LogP contribution is 2.20. The monoisotopic (exact) mass is 383 g/mol. The number of nitrogens with zero attached hydrogens (tertiary/aromatic N) is 2. The first-order valence-electron chi connectivity index (χ1n) is 9.33. The van der Waals surface area contributed by atoms with Crippen molar-refractivity contribution in [1.82, 2.24) is 9.80 Å². The highest BCUT2D eigenvalue weighted by Gasteiger charge is 2.20. The van der Waals surface area contributed by atoms with Crippen molar-refractivity contribution in [2.75, 3.05) is 44.6 Å². The topological polar surface area (TPSA) is 35.6 Å². The molecule has 1 amide bonds. The number of aryl methyl sites for hydroxylation is 1. The molecule has 2 aromatic rings. The second-order valence-corrected chi connectivity index (χ2v) is 7.24. The molecule has 3 rings (SSSR count). The van der Waals surface area contributed by atoms with Crippen LogP contribution >= 0.6 is 11.6 Å². The Morgan fingerprint density at radius 1 is 1.11 bits per heavy atom. The van der Waals surface area contributed by atoms with Crippen LogP contribution in [0.5, 0.6) is 0 Å². The molecule has 0 unspecified atom stereocenters. The lowest BCUT2D eigenvalue weighted by atomic mass is 10.2. The highest BCUT2D eigenvalue weighted by molar-refractivity contribution is 6.30. The van der Waals surface area contributed by atoms with Gasteiger partial charge in [0.2, 0.25) is 5.91 Å². The lowest BCUT2D eigenvalue weighted by molar-refractivity contribution is -0.130. The number of carbonyl (C=O) groups excluding carboxylic acids is 1. The van der Waals surface area contributed by atoms with Gasteiger partial charge in [-0.1, -0.05) is 60.2 Å². The summed E-state index contributed by atoms with van der Waals surface area (Å²) < 4.78 is 0. The van der Waals surface area contributed by atoms with Crippen molar-refractivity contribution in [2.45, 2.75) is 6.92 Å². The molecule has 1 aliphatic heterocycles. The second-order valence-electron chi connectivity index (χ2n) is 6.81. The minimum atomic E-state index is 0.133. The van der Waals surface area contributed by atoms with Gasteiger partial charge in [-0.15, -0.1) is 0 Å². The van der Waals surface area contributed by atoms with Crippen molar-refractivity contribution < 1.29 is 4.79 Å². The molecule has 0 bridgehead atoms. The number of benzene rings is 2. The summed E-state index contributed by atoms with van der Waals surface area (Å²) in [5.74, 6) is 0.133. The third kappa shape index (κ3) is 5.84. The van der Waals surface area contributed by atoms with Crippen LogP contribution in [-0.2, 0) is 4.79 Å². The van der Waals surface area contributed by atoms with E-state index >= 15 is 0 Å². The molecule has 0 spiro atoms. The molecule has 1 fully saturated rings. The van der Waals surface area contributed by atoms with Crippen LogP contribution in [0.1, 0.15) is 11.1 Å². The quantitative estimate of drug-likeness (QED) is 0.821. The summed E-state index contributed by atoms with van der Waals surface area (Å²) in [6.45, 7) is 6.57. The standard InChI is InChI=1S/C22H26ClN3O/c1-18-9-10-20(23)16-21(18)24-17-22(27)26-14-12-25(13-15-26)11-5-8-19-6-3-2-4-7-19/h2-10,16,24H,11-15,17H2,1H3/b8-5+. The van der Waals surface area contributed by atoms with Crippen molar-refractivity contribution in [2.24, 2.45) is 0 Å². The SMILES string of the molecule is Cc1ccc(Cl)cc1NCC(=O)N1CCN(C/C=C/c2ccccc2)CC1. The Kier molecular flexibility index (Phi) is 6.91. The molecule has 1 aliphatic rings.